The second kappa shape index (κ2) is 3.42. The zero-order chi connectivity index (χ0) is 11.0. The maximum atomic E-state index is 11.4. The number of aryl methyl sites for hydroxylation is 2. The molecule has 0 saturated carbocycles. The molecule has 3 nitrogen and oxygen atoms in total. The lowest BCUT2D eigenvalue weighted by Crippen LogP contribution is -2.00. The molecule has 15 heavy (non-hydrogen) atoms. The summed E-state index contributed by atoms with van der Waals surface area (Å²) in [6.07, 6.45) is 0. The first-order valence-electron chi connectivity index (χ1n) is 4.72. The molecule has 1 heterocycles. The molecule has 1 aromatic carbocycles. The summed E-state index contributed by atoms with van der Waals surface area (Å²) < 4.78 is 10.2. The molecule has 0 atom stereocenters. The van der Waals surface area contributed by atoms with Gasteiger partial charge in [0.25, 0.3) is 0 Å². The lowest BCUT2D eigenvalue weighted by Gasteiger charge is -1.93. The minimum absolute atomic E-state index is 0.293. The smallest absolute Gasteiger partial charge is 0.374 e. The van der Waals surface area contributed by atoms with Crippen LogP contribution in [0.15, 0.2) is 22.6 Å². The van der Waals surface area contributed by atoms with Crippen molar-refractivity contribution in [3.8, 4) is 0 Å². The highest BCUT2D eigenvalue weighted by Gasteiger charge is 2.18. The fourth-order valence-corrected chi connectivity index (χ4v) is 1.67. The minimum Gasteiger partial charge on any atom is -0.463 e. The van der Waals surface area contributed by atoms with E-state index in [9.17, 15) is 4.79 Å². The Morgan fingerprint density at radius 3 is 2.67 bits per heavy atom. The van der Waals surface area contributed by atoms with Gasteiger partial charge in [0, 0.05) is 10.9 Å². The molecule has 0 unspecified atom stereocenters. The van der Waals surface area contributed by atoms with Crippen LogP contribution in [0.25, 0.3) is 11.0 Å². The summed E-state index contributed by atoms with van der Waals surface area (Å²) in [6.45, 7) is 3.81. The van der Waals surface area contributed by atoms with Gasteiger partial charge in [-0.3, -0.25) is 0 Å². The fourth-order valence-electron chi connectivity index (χ4n) is 1.67. The van der Waals surface area contributed by atoms with Crippen LogP contribution in [0.1, 0.15) is 21.7 Å². The van der Waals surface area contributed by atoms with E-state index in [0.717, 1.165) is 22.1 Å². The molecule has 0 amide bonds. The van der Waals surface area contributed by atoms with Crippen LogP contribution >= 0.6 is 0 Å². The van der Waals surface area contributed by atoms with E-state index >= 15 is 0 Å². The molecule has 0 bridgehead atoms. The highest BCUT2D eigenvalue weighted by atomic mass is 16.5. The number of furan rings is 1. The molecule has 0 fully saturated rings. The molecule has 1 aromatic heterocycles. The molecular weight excluding hydrogens is 192 g/mol. The van der Waals surface area contributed by atoms with Gasteiger partial charge in [0.2, 0.25) is 5.76 Å². The molecule has 78 valence electrons. The molecule has 0 spiro atoms. The molecule has 0 aliphatic heterocycles. The third-order valence-electron chi connectivity index (χ3n) is 2.53. The van der Waals surface area contributed by atoms with Crippen molar-refractivity contribution >= 4 is 16.9 Å². The first kappa shape index (κ1) is 9.77. The Morgan fingerprint density at radius 2 is 2.07 bits per heavy atom. The number of methoxy groups -OCH3 is 1. The van der Waals surface area contributed by atoms with Crippen molar-refractivity contribution in [2.24, 2.45) is 0 Å². The van der Waals surface area contributed by atoms with Crippen LogP contribution in [0.2, 0.25) is 0 Å². The Labute approximate surface area is 87.6 Å². The minimum atomic E-state index is -0.428. The normalized spacial score (nSPS) is 10.6. The van der Waals surface area contributed by atoms with E-state index in [2.05, 4.69) is 4.74 Å². The van der Waals surface area contributed by atoms with Crippen LogP contribution in [0.3, 0.4) is 0 Å². The Morgan fingerprint density at radius 1 is 1.33 bits per heavy atom. The first-order valence-corrected chi connectivity index (χ1v) is 4.72. The largest absolute Gasteiger partial charge is 0.463 e. The number of esters is 1. The van der Waals surface area contributed by atoms with Crippen molar-refractivity contribution in [1.29, 1.82) is 0 Å². The van der Waals surface area contributed by atoms with E-state index in [1.165, 1.54) is 7.11 Å². The van der Waals surface area contributed by atoms with Crippen molar-refractivity contribution in [3.63, 3.8) is 0 Å². The first-order chi connectivity index (χ1) is 7.15. The van der Waals surface area contributed by atoms with Gasteiger partial charge >= 0.3 is 5.97 Å². The Balaban J connectivity index is 2.75. The van der Waals surface area contributed by atoms with Gasteiger partial charge in [-0.05, 0) is 19.4 Å². The number of carbonyl (C=O) groups excluding carboxylic acids is 1. The monoisotopic (exact) mass is 204 g/mol. The summed E-state index contributed by atoms with van der Waals surface area (Å²) in [6, 6.07) is 5.83. The van der Waals surface area contributed by atoms with E-state index in [4.69, 9.17) is 4.42 Å². The van der Waals surface area contributed by atoms with Crippen LogP contribution in [-0.2, 0) is 4.74 Å². The van der Waals surface area contributed by atoms with Gasteiger partial charge in [-0.1, -0.05) is 18.2 Å². The number of hydrogen-bond acceptors (Lipinski definition) is 3. The molecular formula is C12H12O3. The van der Waals surface area contributed by atoms with Gasteiger partial charge in [0.1, 0.15) is 5.58 Å². The average molecular weight is 204 g/mol. The summed E-state index contributed by atoms with van der Waals surface area (Å²) in [5, 5.41) is 0.968. The standard InChI is InChI=1S/C12H12O3/c1-7-5-4-6-9-8(2)11(12(13)14-3)15-10(7)9/h4-6H,1-3H3. The maximum Gasteiger partial charge on any atom is 0.374 e. The molecule has 0 aliphatic rings. The van der Waals surface area contributed by atoms with Crippen LogP contribution in [0.4, 0.5) is 0 Å². The lowest BCUT2D eigenvalue weighted by atomic mass is 10.1. The maximum absolute atomic E-state index is 11.4. The predicted molar refractivity (Wildman–Crippen MR) is 57.0 cm³/mol. The van der Waals surface area contributed by atoms with Gasteiger partial charge in [-0.15, -0.1) is 0 Å². The fraction of sp³-hybridized carbons (Fsp3) is 0.250. The summed E-state index contributed by atoms with van der Waals surface area (Å²) in [7, 11) is 1.35. The average Bonchev–Trinajstić information content (AvgIpc) is 2.57. The van der Waals surface area contributed by atoms with E-state index in [1.54, 1.807) is 0 Å². The molecule has 2 aromatic rings. The topological polar surface area (TPSA) is 39.4 Å². The number of benzene rings is 1. The predicted octanol–water partition coefficient (Wildman–Crippen LogP) is 2.84. The second-order valence-electron chi connectivity index (χ2n) is 3.50. The Hall–Kier alpha value is -1.77. The second-order valence-corrected chi connectivity index (χ2v) is 3.50. The van der Waals surface area contributed by atoms with Crippen molar-refractivity contribution in [1.82, 2.24) is 0 Å². The van der Waals surface area contributed by atoms with Crippen molar-refractivity contribution in [2.75, 3.05) is 7.11 Å². The van der Waals surface area contributed by atoms with E-state index in [1.807, 2.05) is 32.0 Å². The molecule has 0 radical (unpaired) electrons. The summed E-state index contributed by atoms with van der Waals surface area (Å²) >= 11 is 0. The number of carbonyl (C=O) groups is 1. The zero-order valence-corrected chi connectivity index (χ0v) is 8.96. The van der Waals surface area contributed by atoms with Crippen LogP contribution in [-0.4, -0.2) is 13.1 Å². The van der Waals surface area contributed by atoms with Crippen molar-refractivity contribution in [2.45, 2.75) is 13.8 Å². The highest BCUT2D eigenvalue weighted by Crippen LogP contribution is 2.27. The van der Waals surface area contributed by atoms with E-state index in [0.29, 0.717) is 5.76 Å². The number of para-hydroxylation sites is 1. The zero-order valence-electron chi connectivity index (χ0n) is 8.96. The van der Waals surface area contributed by atoms with Gasteiger partial charge in [0.15, 0.2) is 0 Å². The molecule has 0 N–H and O–H groups in total. The Kier molecular flexibility index (Phi) is 2.23. The quantitative estimate of drug-likeness (QED) is 0.670. The number of ether oxygens (including phenoxy) is 1. The van der Waals surface area contributed by atoms with Gasteiger partial charge in [-0.25, -0.2) is 4.79 Å². The van der Waals surface area contributed by atoms with Gasteiger partial charge < -0.3 is 9.15 Å². The molecule has 0 aliphatic carbocycles. The van der Waals surface area contributed by atoms with Crippen LogP contribution < -0.4 is 0 Å². The van der Waals surface area contributed by atoms with Crippen molar-refractivity contribution < 1.29 is 13.9 Å². The third kappa shape index (κ3) is 1.40. The van der Waals surface area contributed by atoms with E-state index in [-0.39, 0.29) is 0 Å². The van der Waals surface area contributed by atoms with Gasteiger partial charge in [-0.2, -0.15) is 0 Å². The summed E-state index contributed by atoms with van der Waals surface area (Å²) in [5.41, 5.74) is 2.61. The van der Waals surface area contributed by atoms with Crippen LogP contribution in [0, 0.1) is 13.8 Å². The number of rotatable bonds is 1. The lowest BCUT2D eigenvalue weighted by molar-refractivity contribution is 0.0566. The van der Waals surface area contributed by atoms with Crippen molar-refractivity contribution in [3.05, 3.63) is 35.1 Å². The summed E-state index contributed by atoms with van der Waals surface area (Å²) in [4.78, 5) is 11.4. The number of fused-ring (bicyclic) bond motifs is 1. The summed E-state index contributed by atoms with van der Waals surface area (Å²) in [5.74, 6) is -0.134. The highest BCUT2D eigenvalue weighted by molar-refractivity contribution is 5.96. The SMILES string of the molecule is COC(=O)c1oc2c(C)cccc2c1C. The third-order valence-corrected chi connectivity index (χ3v) is 2.53. The van der Waals surface area contributed by atoms with Crippen LogP contribution in [0.5, 0.6) is 0 Å². The molecule has 2 rings (SSSR count). The molecule has 0 saturated heterocycles. The number of hydrogen-bond donors (Lipinski definition) is 0. The molecule has 3 heteroatoms. The Bertz CT molecular complexity index is 523. The van der Waals surface area contributed by atoms with Gasteiger partial charge in [0.05, 0.1) is 7.11 Å². The van der Waals surface area contributed by atoms with E-state index < -0.39 is 5.97 Å².